The van der Waals surface area contributed by atoms with E-state index in [0.717, 1.165) is 12.8 Å². The molecule has 2 atom stereocenters. The fourth-order valence-corrected chi connectivity index (χ4v) is 2.01. The maximum Gasteiger partial charge on any atom is 0.255 e. The van der Waals surface area contributed by atoms with Crippen molar-refractivity contribution < 1.29 is 9.26 Å². The van der Waals surface area contributed by atoms with Crippen molar-refractivity contribution in [2.75, 3.05) is 6.54 Å². The van der Waals surface area contributed by atoms with E-state index in [1.165, 1.54) is 0 Å². The molecule has 0 unspecified atom stereocenters. The van der Waals surface area contributed by atoms with Crippen LogP contribution in [0.2, 0.25) is 0 Å². The van der Waals surface area contributed by atoms with Crippen molar-refractivity contribution in [3.05, 3.63) is 11.7 Å². The molecule has 2 rings (SSSR count). The largest absolute Gasteiger partial charge is 0.370 e. The van der Waals surface area contributed by atoms with Crippen LogP contribution >= 0.6 is 0 Å². The van der Waals surface area contributed by atoms with Crippen LogP contribution in [-0.2, 0) is 4.74 Å². The molecule has 19 heavy (non-hydrogen) atoms. The van der Waals surface area contributed by atoms with Gasteiger partial charge >= 0.3 is 0 Å². The number of nitrogens with zero attached hydrogens (tertiary/aromatic N) is 3. The monoisotopic (exact) mass is 267 g/mol. The highest BCUT2D eigenvalue weighted by atomic mass is 16.5. The van der Waals surface area contributed by atoms with Crippen LogP contribution in [0.5, 0.6) is 0 Å². The van der Waals surface area contributed by atoms with Gasteiger partial charge in [0, 0.05) is 6.04 Å². The lowest BCUT2D eigenvalue weighted by atomic mass is 10.2. The Kier molecular flexibility index (Phi) is 4.36. The van der Waals surface area contributed by atoms with Gasteiger partial charge < -0.3 is 20.3 Å². The molecule has 1 aliphatic rings. The van der Waals surface area contributed by atoms with Gasteiger partial charge in [0.25, 0.3) is 5.89 Å². The second-order valence-corrected chi connectivity index (χ2v) is 5.03. The van der Waals surface area contributed by atoms with Crippen molar-refractivity contribution >= 4 is 5.96 Å². The number of rotatable bonds is 4. The minimum Gasteiger partial charge on any atom is -0.370 e. The molecule has 0 amide bonds. The van der Waals surface area contributed by atoms with Crippen LogP contribution in [0.25, 0.3) is 0 Å². The number of hydrogen-bond acceptors (Lipinski definition) is 5. The van der Waals surface area contributed by atoms with E-state index in [4.69, 9.17) is 15.0 Å². The molecule has 0 saturated carbocycles. The standard InChI is InChI=1S/C12H21N5O2/c1-7(2)15-12(13)14-6-9-4-5-10(18-9)11-16-8(3)17-19-11/h7,9-10H,4-6H2,1-3H3,(H3,13,14,15)/t9-,10+/m1/s1. The van der Waals surface area contributed by atoms with Crippen LogP contribution in [0.1, 0.15) is 44.5 Å². The minimum absolute atomic E-state index is 0.0599. The van der Waals surface area contributed by atoms with Crippen LogP contribution in [0.4, 0.5) is 0 Å². The summed E-state index contributed by atoms with van der Waals surface area (Å²) >= 11 is 0. The van der Waals surface area contributed by atoms with Gasteiger partial charge in [-0.05, 0) is 33.6 Å². The Morgan fingerprint density at radius 3 is 2.95 bits per heavy atom. The Labute approximate surface area is 112 Å². The van der Waals surface area contributed by atoms with E-state index in [9.17, 15) is 0 Å². The van der Waals surface area contributed by atoms with Gasteiger partial charge in [-0.1, -0.05) is 5.16 Å². The van der Waals surface area contributed by atoms with Crippen molar-refractivity contribution in [1.29, 1.82) is 0 Å². The first kappa shape index (κ1) is 13.8. The first-order valence-corrected chi connectivity index (χ1v) is 6.56. The Hall–Kier alpha value is -1.63. The summed E-state index contributed by atoms with van der Waals surface area (Å²) in [7, 11) is 0. The summed E-state index contributed by atoms with van der Waals surface area (Å²) in [5.41, 5.74) is 5.74. The van der Waals surface area contributed by atoms with Gasteiger partial charge in [-0.3, -0.25) is 4.99 Å². The Morgan fingerprint density at radius 2 is 2.32 bits per heavy atom. The smallest absolute Gasteiger partial charge is 0.255 e. The summed E-state index contributed by atoms with van der Waals surface area (Å²) in [5, 5.41) is 6.81. The third-order valence-corrected chi connectivity index (χ3v) is 2.83. The molecule has 0 radical (unpaired) electrons. The van der Waals surface area contributed by atoms with Gasteiger partial charge in [0.1, 0.15) is 6.10 Å². The van der Waals surface area contributed by atoms with Crippen LogP contribution in [-0.4, -0.2) is 34.8 Å². The Balaban J connectivity index is 1.82. The van der Waals surface area contributed by atoms with Gasteiger partial charge in [-0.15, -0.1) is 0 Å². The number of hydrogen-bond donors (Lipinski definition) is 2. The molecule has 106 valence electrons. The summed E-state index contributed by atoms with van der Waals surface area (Å²) in [4.78, 5) is 8.46. The van der Waals surface area contributed by atoms with Gasteiger partial charge in [0.05, 0.1) is 12.6 Å². The third kappa shape index (κ3) is 3.92. The normalized spacial score (nSPS) is 24.1. The molecule has 1 fully saturated rings. The van der Waals surface area contributed by atoms with Crippen molar-refractivity contribution in [2.24, 2.45) is 10.7 Å². The van der Waals surface area contributed by atoms with Crippen LogP contribution in [0.3, 0.4) is 0 Å². The van der Waals surface area contributed by atoms with E-state index in [1.54, 1.807) is 6.92 Å². The predicted octanol–water partition coefficient (Wildman–Crippen LogP) is 0.911. The molecule has 0 spiro atoms. The molecule has 7 nitrogen and oxygen atoms in total. The van der Waals surface area contributed by atoms with E-state index in [1.807, 2.05) is 13.8 Å². The minimum atomic E-state index is -0.110. The SMILES string of the molecule is Cc1noc([C@@H]2CC[C@H](CN=C(N)NC(C)C)O2)n1. The third-order valence-electron chi connectivity index (χ3n) is 2.83. The van der Waals surface area contributed by atoms with Gasteiger partial charge in [0.15, 0.2) is 11.8 Å². The molecular weight excluding hydrogens is 246 g/mol. The summed E-state index contributed by atoms with van der Waals surface area (Å²) < 4.78 is 10.9. The van der Waals surface area contributed by atoms with E-state index in [-0.39, 0.29) is 18.2 Å². The molecule has 1 aromatic rings. The summed E-state index contributed by atoms with van der Waals surface area (Å²) in [6.07, 6.45) is 1.74. The van der Waals surface area contributed by atoms with Crippen LogP contribution in [0, 0.1) is 6.92 Å². The number of aliphatic imine (C=N–C) groups is 1. The van der Waals surface area contributed by atoms with E-state index in [0.29, 0.717) is 24.2 Å². The second-order valence-electron chi connectivity index (χ2n) is 5.03. The predicted molar refractivity (Wildman–Crippen MR) is 70.6 cm³/mol. The lowest BCUT2D eigenvalue weighted by Crippen LogP contribution is -2.37. The number of nitrogens with two attached hydrogens (primary N) is 1. The fraction of sp³-hybridized carbons (Fsp3) is 0.750. The van der Waals surface area contributed by atoms with Crippen molar-refractivity contribution in [3.8, 4) is 0 Å². The molecule has 7 heteroatoms. The molecular formula is C12H21N5O2. The van der Waals surface area contributed by atoms with Gasteiger partial charge in [0.2, 0.25) is 0 Å². The molecule has 2 heterocycles. The van der Waals surface area contributed by atoms with Crippen molar-refractivity contribution in [1.82, 2.24) is 15.5 Å². The maximum atomic E-state index is 5.83. The Bertz CT molecular complexity index is 443. The second kappa shape index (κ2) is 6.01. The zero-order valence-corrected chi connectivity index (χ0v) is 11.6. The average Bonchev–Trinajstić information content (AvgIpc) is 2.94. The summed E-state index contributed by atoms with van der Waals surface area (Å²) in [6, 6.07) is 0.280. The average molecular weight is 267 g/mol. The molecule has 0 aromatic carbocycles. The fourth-order valence-electron chi connectivity index (χ4n) is 2.01. The summed E-state index contributed by atoms with van der Waals surface area (Å²) in [5.74, 6) is 1.64. The highest BCUT2D eigenvalue weighted by molar-refractivity contribution is 5.78. The number of guanidine groups is 1. The van der Waals surface area contributed by atoms with E-state index >= 15 is 0 Å². The van der Waals surface area contributed by atoms with Gasteiger partial charge in [-0.25, -0.2) is 0 Å². The van der Waals surface area contributed by atoms with Crippen molar-refractivity contribution in [2.45, 2.75) is 51.9 Å². The zero-order chi connectivity index (χ0) is 13.8. The maximum absolute atomic E-state index is 5.83. The first-order chi connectivity index (χ1) is 9.04. The van der Waals surface area contributed by atoms with Crippen molar-refractivity contribution in [3.63, 3.8) is 0 Å². The zero-order valence-electron chi connectivity index (χ0n) is 11.6. The molecule has 0 bridgehead atoms. The quantitative estimate of drug-likeness (QED) is 0.621. The first-order valence-electron chi connectivity index (χ1n) is 6.56. The van der Waals surface area contributed by atoms with Crippen LogP contribution in [0.15, 0.2) is 9.52 Å². The highest BCUT2D eigenvalue weighted by Gasteiger charge is 2.30. The highest BCUT2D eigenvalue weighted by Crippen LogP contribution is 2.31. The van der Waals surface area contributed by atoms with E-state index in [2.05, 4.69) is 20.4 Å². The number of ether oxygens (including phenoxy) is 1. The molecule has 1 saturated heterocycles. The summed E-state index contributed by atoms with van der Waals surface area (Å²) in [6.45, 7) is 6.38. The topological polar surface area (TPSA) is 98.6 Å². The van der Waals surface area contributed by atoms with E-state index < -0.39 is 0 Å². The molecule has 1 aromatic heterocycles. The number of aromatic nitrogens is 2. The number of aryl methyl sites for hydroxylation is 1. The lowest BCUT2D eigenvalue weighted by Gasteiger charge is -2.11. The van der Waals surface area contributed by atoms with Crippen LogP contribution < -0.4 is 11.1 Å². The Morgan fingerprint density at radius 1 is 1.53 bits per heavy atom. The lowest BCUT2D eigenvalue weighted by molar-refractivity contribution is 0.0309. The molecule has 0 aliphatic carbocycles. The van der Waals surface area contributed by atoms with Gasteiger partial charge in [-0.2, -0.15) is 4.98 Å². The molecule has 3 N–H and O–H groups in total. The number of nitrogens with one attached hydrogen (secondary N) is 1. The molecule has 1 aliphatic heterocycles.